The van der Waals surface area contributed by atoms with Crippen molar-refractivity contribution >= 4 is 16.1 Å². The zero-order chi connectivity index (χ0) is 27.7. The van der Waals surface area contributed by atoms with E-state index < -0.39 is 22.3 Å². The number of nitrogens with two attached hydrogens (primary N) is 1. The molecule has 0 spiro atoms. The van der Waals surface area contributed by atoms with Gasteiger partial charge in [0.1, 0.15) is 0 Å². The molecular formula is C29H42FNO4S. The number of ketones is 1. The molecular weight excluding hydrogens is 477 g/mol. The lowest BCUT2D eigenvalue weighted by molar-refractivity contribution is 0.0874. The van der Waals surface area contributed by atoms with E-state index in [0.717, 1.165) is 16.7 Å². The van der Waals surface area contributed by atoms with E-state index in [-0.39, 0.29) is 40.9 Å². The average Bonchev–Trinajstić information content (AvgIpc) is 2.74. The summed E-state index contributed by atoms with van der Waals surface area (Å²) in [6.07, 6.45) is -1.91. The van der Waals surface area contributed by atoms with Gasteiger partial charge in [-0.05, 0) is 51.8 Å². The van der Waals surface area contributed by atoms with Crippen LogP contribution < -0.4 is 9.32 Å². The van der Waals surface area contributed by atoms with Crippen molar-refractivity contribution in [3.63, 3.8) is 0 Å². The molecule has 7 heteroatoms. The number of carbonyl (C=O) groups is 1. The zero-order valence-corrected chi connectivity index (χ0v) is 24.1. The molecule has 0 saturated carbocycles. The van der Waals surface area contributed by atoms with E-state index in [1.807, 2.05) is 67.5 Å². The minimum absolute atomic E-state index is 0.0106. The first-order valence-electron chi connectivity index (χ1n) is 12.7. The van der Waals surface area contributed by atoms with E-state index in [2.05, 4.69) is 13.8 Å². The maximum absolute atomic E-state index is 16.4. The molecule has 200 valence electrons. The predicted molar refractivity (Wildman–Crippen MR) is 145 cm³/mol. The fourth-order valence-electron chi connectivity index (χ4n) is 4.64. The standard InChI is InChI=1S/C29H42FNO4S/c1-15(2)20-13-23(17(5)6)26(24(14-20)18(7)8)27(30)28(32)22-12-11-21(16(3)4)29(25(22)19(9)10)35-36(31,33)34/h11-19,27H,1-10H3,(H2,31,33,34). The van der Waals surface area contributed by atoms with Gasteiger partial charge < -0.3 is 4.18 Å². The number of Topliss-reactive ketones (excluding diaryl/α,β-unsaturated/α-hetero) is 1. The highest BCUT2D eigenvalue weighted by Crippen LogP contribution is 2.42. The summed E-state index contributed by atoms with van der Waals surface area (Å²) in [5.74, 6) is -0.833. The second-order valence-corrected chi connectivity index (χ2v) is 12.3. The van der Waals surface area contributed by atoms with E-state index in [9.17, 15) is 13.2 Å². The van der Waals surface area contributed by atoms with Crippen molar-refractivity contribution in [1.29, 1.82) is 0 Å². The minimum atomic E-state index is -4.36. The van der Waals surface area contributed by atoms with Gasteiger partial charge in [0, 0.05) is 16.7 Å². The van der Waals surface area contributed by atoms with Crippen LogP contribution in [0.15, 0.2) is 24.3 Å². The van der Waals surface area contributed by atoms with Crippen LogP contribution in [0.3, 0.4) is 0 Å². The first kappa shape index (κ1) is 30.0. The Kier molecular flexibility index (Phi) is 9.52. The van der Waals surface area contributed by atoms with Crippen LogP contribution in [0.25, 0.3) is 0 Å². The largest absolute Gasteiger partial charge is 0.380 e. The zero-order valence-electron chi connectivity index (χ0n) is 23.3. The quantitative estimate of drug-likeness (QED) is 0.325. The Hall–Kier alpha value is -2.25. The van der Waals surface area contributed by atoms with Crippen LogP contribution in [-0.2, 0) is 10.3 Å². The Balaban J connectivity index is 2.85. The molecule has 2 N–H and O–H groups in total. The van der Waals surface area contributed by atoms with Gasteiger partial charge in [-0.25, -0.2) is 4.39 Å². The Morgan fingerprint density at radius 1 is 0.750 bits per heavy atom. The topological polar surface area (TPSA) is 86.5 Å². The normalized spacial score (nSPS) is 13.4. The highest BCUT2D eigenvalue weighted by molar-refractivity contribution is 7.84. The molecule has 1 atom stereocenters. The van der Waals surface area contributed by atoms with Crippen molar-refractivity contribution in [2.75, 3.05) is 0 Å². The predicted octanol–water partition coefficient (Wildman–Crippen LogP) is 7.78. The van der Waals surface area contributed by atoms with Gasteiger partial charge in [0.05, 0.1) is 0 Å². The number of benzene rings is 2. The summed E-state index contributed by atoms with van der Waals surface area (Å²) in [4.78, 5) is 13.8. The van der Waals surface area contributed by atoms with Gasteiger partial charge in [-0.15, -0.1) is 0 Å². The SMILES string of the molecule is CC(C)c1cc(C(C)C)c(C(F)C(=O)c2ccc(C(C)C)c(OS(N)(=O)=O)c2C(C)C)c(C(C)C)c1. The monoisotopic (exact) mass is 519 g/mol. The molecule has 5 nitrogen and oxygen atoms in total. The van der Waals surface area contributed by atoms with Crippen molar-refractivity contribution in [2.45, 2.75) is 105 Å². The number of rotatable bonds is 10. The molecule has 0 heterocycles. The fourth-order valence-corrected chi connectivity index (χ4v) is 5.06. The first-order valence-corrected chi connectivity index (χ1v) is 14.2. The van der Waals surface area contributed by atoms with Crippen LogP contribution in [0.4, 0.5) is 4.39 Å². The molecule has 0 aliphatic heterocycles. The smallest absolute Gasteiger partial charge is 0.370 e. The molecule has 1 unspecified atom stereocenters. The van der Waals surface area contributed by atoms with Crippen LogP contribution >= 0.6 is 0 Å². The van der Waals surface area contributed by atoms with Crippen molar-refractivity contribution in [3.05, 3.63) is 63.2 Å². The third-order valence-electron chi connectivity index (χ3n) is 6.55. The van der Waals surface area contributed by atoms with Crippen molar-refractivity contribution in [2.24, 2.45) is 5.14 Å². The van der Waals surface area contributed by atoms with E-state index in [0.29, 0.717) is 16.7 Å². The third-order valence-corrected chi connectivity index (χ3v) is 6.95. The number of halogens is 1. The Morgan fingerprint density at radius 3 is 1.58 bits per heavy atom. The molecule has 0 aliphatic carbocycles. The van der Waals surface area contributed by atoms with Crippen LogP contribution in [0.1, 0.15) is 149 Å². The van der Waals surface area contributed by atoms with Crippen LogP contribution in [0, 0.1) is 0 Å². The lowest BCUT2D eigenvalue weighted by Gasteiger charge is -2.26. The van der Waals surface area contributed by atoms with E-state index in [4.69, 9.17) is 9.32 Å². The van der Waals surface area contributed by atoms with Gasteiger partial charge in [-0.3, -0.25) is 4.79 Å². The fraction of sp³-hybridized carbons (Fsp3) is 0.552. The summed E-state index contributed by atoms with van der Waals surface area (Å²) in [5, 5.41) is 5.22. The Labute approximate surface area is 216 Å². The molecule has 0 radical (unpaired) electrons. The molecule has 0 amide bonds. The summed E-state index contributed by atoms with van der Waals surface area (Å²) in [5.41, 5.74) is 4.20. The van der Waals surface area contributed by atoms with Gasteiger partial charge in [-0.1, -0.05) is 93.5 Å². The lowest BCUT2D eigenvalue weighted by atomic mass is 9.80. The molecule has 2 aromatic rings. The van der Waals surface area contributed by atoms with Crippen molar-refractivity contribution < 1.29 is 21.8 Å². The Morgan fingerprint density at radius 2 is 1.22 bits per heavy atom. The molecule has 36 heavy (non-hydrogen) atoms. The summed E-state index contributed by atoms with van der Waals surface area (Å²) in [6, 6.07) is 7.24. The van der Waals surface area contributed by atoms with Crippen LogP contribution in [0.5, 0.6) is 5.75 Å². The summed E-state index contributed by atoms with van der Waals surface area (Å²) in [7, 11) is -4.36. The van der Waals surface area contributed by atoms with Gasteiger partial charge in [0.2, 0.25) is 5.78 Å². The van der Waals surface area contributed by atoms with Crippen LogP contribution in [0.2, 0.25) is 0 Å². The first-order chi connectivity index (χ1) is 16.5. The number of alkyl halides is 1. The van der Waals surface area contributed by atoms with E-state index >= 15 is 4.39 Å². The van der Waals surface area contributed by atoms with Crippen molar-refractivity contribution in [1.82, 2.24) is 0 Å². The molecule has 0 bridgehead atoms. The minimum Gasteiger partial charge on any atom is -0.370 e. The molecule has 2 aromatic carbocycles. The van der Waals surface area contributed by atoms with Crippen LogP contribution in [-0.4, -0.2) is 14.2 Å². The van der Waals surface area contributed by atoms with Gasteiger partial charge in [0.25, 0.3) is 0 Å². The number of hydrogen-bond acceptors (Lipinski definition) is 4. The average molecular weight is 520 g/mol. The summed E-state index contributed by atoms with van der Waals surface area (Å²) >= 11 is 0. The molecule has 2 rings (SSSR count). The number of hydrogen-bond donors (Lipinski definition) is 1. The maximum Gasteiger partial charge on any atom is 0.380 e. The second kappa shape index (κ2) is 11.4. The van der Waals surface area contributed by atoms with E-state index in [1.165, 1.54) is 0 Å². The van der Waals surface area contributed by atoms with Gasteiger partial charge in [-0.2, -0.15) is 13.6 Å². The summed E-state index contributed by atoms with van der Waals surface area (Å²) in [6.45, 7) is 19.6. The highest BCUT2D eigenvalue weighted by atomic mass is 32.2. The second-order valence-electron chi connectivity index (χ2n) is 11.1. The van der Waals surface area contributed by atoms with Gasteiger partial charge in [0.15, 0.2) is 11.9 Å². The molecule has 0 aliphatic rings. The number of carbonyl (C=O) groups excluding carboxylic acids is 1. The maximum atomic E-state index is 16.4. The molecule has 0 fully saturated rings. The van der Waals surface area contributed by atoms with Gasteiger partial charge >= 0.3 is 10.3 Å². The molecule has 0 saturated heterocycles. The van der Waals surface area contributed by atoms with Crippen molar-refractivity contribution in [3.8, 4) is 5.75 Å². The third kappa shape index (κ3) is 6.54. The summed E-state index contributed by atoms with van der Waals surface area (Å²) < 4.78 is 45.5. The lowest BCUT2D eigenvalue weighted by Crippen LogP contribution is -2.23. The molecule has 0 aromatic heterocycles. The highest BCUT2D eigenvalue weighted by Gasteiger charge is 2.33. The van der Waals surface area contributed by atoms with E-state index in [1.54, 1.807) is 12.1 Å². The Bertz CT molecular complexity index is 1190.